The molecule has 1 atom stereocenters. The van der Waals surface area contributed by atoms with E-state index in [9.17, 15) is 0 Å². The zero-order chi connectivity index (χ0) is 8.27. The smallest absolute Gasteiger partial charge is 0.0139 e. The van der Waals surface area contributed by atoms with Gasteiger partial charge in [0.1, 0.15) is 0 Å². The summed E-state index contributed by atoms with van der Waals surface area (Å²) >= 11 is 0. The summed E-state index contributed by atoms with van der Waals surface area (Å²) in [5.41, 5.74) is 5.74. The molecule has 0 amide bonds. The first-order valence-corrected chi connectivity index (χ1v) is 4.73. The first-order valence-electron chi connectivity index (χ1n) is 4.73. The van der Waals surface area contributed by atoms with Crippen LogP contribution in [-0.2, 0) is 0 Å². The molecule has 0 saturated heterocycles. The quantitative estimate of drug-likeness (QED) is 0.663. The van der Waals surface area contributed by atoms with Crippen molar-refractivity contribution in [3.05, 3.63) is 0 Å². The minimum Gasteiger partial charge on any atom is -0.327 e. The fourth-order valence-electron chi connectivity index (χ4n) is 1.66. The second-order valence-corrected chi connectivity index (χ2v) is 3.65. The van der Waals surface area contributed by atoms with Crippen LogP contribution in [0.5, 0.6) is 0 Å². The van der Waals surface area contributed by atoms with Gasteiger partial charge in [-0.2, -0.15) is 0 Å². The van der Waals surface area contributed by atoms with Gasteiger partial charge in [-0.05, 0) is 26.3 Å². The third kappa shape index (κ3) is 2.46. The summed E-state index contributed by atoms with van der Waals surface area (Å²) in [6, 6.07) is 1.18. The van der Waals surface area contributed by atoms with Crippen LogP contribution in [-0.4, -0.2) is 30.1 Å². The minimum atomic E-state index is 0.329. The molecular weight excluding hydrogens is 136 g/mol. The van der Waals surface area contributed by atoms with E-state index in [0.29, 0.717) is 6.04 Å². The van der Waals surface area contributed by atoms with Crippen LogP contribution in [0.15, 0.2) is 0 Å². The topological polar surface area (TPSA) is 29.3 Å². The SMILES string of the molecule is CCN(CC(C)N)C1CCC1. The summed E-state index contributed by atoms with van der Waals surface area (Å²) < 4.78 is 0. The lowest BCUT2D eigenvalue weighted by Crippen LogP contribution is -2.45. The highest BCUT2D eigenvalue weighted by atomic mass is 15.2. The molecule has 0 aromatic heterocycles. The molecule has 11 heavy (non-hydrogen) atoms. The van der Waals surface area contributed by atoms with Gasteiger partial charge >= 0.3 is 0 Å². The van der Waals surface area contributed by atoms with E-state index in [1.807, 2.05) is 0 Å². The molecule has 1 unspecified atom stereocenters. The molecule has 66 valence electrons. The maximum atomic E-state index is 5.74. The molecule has 2 heteroatoms. The van der Waals surface area contributed by atoms with Crippen LogP contribution in [0.1, 0.15) is 33.1 Å². The summed E-state index contributed by atoms with van der Waals surface area (Å²) in [5, 5.41) is 0. The highest BCUT2D eigenvalue weighted by Gasteiger charge is 2.23. The Balaban J connectivity index is 2.23. The van der Waals surface area contributed by atoms with Gasteiger partial charge in [0.05, 0.1) is 0 Å². The zero-order valence-electron chi connectivity index (χ0n) is 7.71. The van der Waals surface area contributed by atoms with Gasteiger partial charge in [-0.15, -0.1) is 0 Å². The van der Waals surface area contributed by atoms with Crippen LogP contribution < -0.4 is 5.73 Å². The van der Waals surface area contributed by atoms with Gasteiger partial charge < -0.3 is 5.73 Å². The zero-order valence-corrected chi connectivity index (χ0v) is 7.71. The van der Waals surface area contributed by atoms with Crippen LogP contribution in [0.3, 0.4) is 0 Å². The van der Waals surface area contributed by atoms with Gasteiger partial charge in [0.25, 0.3) is 0 Å². The molecule has 1 rings (SSSR count). The lowest BCUT2D eigenvalue weighted by atomic mass is 9.91. The van der Waals surface area contributed by atoms with Crippen LogP contribution in [0, 0.1) is 0 Å². The van der Waals surface area contributed by atoms with E-state index in [4.69, 9.17) is 5.73 Å². The van der Waals surface area contributed by atoms with Crippen molar-refractivity contribution in [2.24, 2.45) is 5.73 Å². The molecule has 0 aromatic carbocycles. The number of likely N-dealkylation sites (N-methyl/N-ethyl adjacent to an activating group) is 1. The Labute approximate surface area is 69.8 Å². The number of nitrogens with two attached hydrogens (primary N) is 1. The van der Waals surface area contributed by atoms with E-state index in [-0.39, 0.29) is 0 Å². The van der Waals surface area contributed by atoms with Crippen molar-refractivity contribution in [1.29, 1.82) is 0 Å². The maximum absolute atomic E-state index is 5.74. The van der Waals surface area contributed by atoms with Crippen LogP contribution in [0.4, 0.5) is 0 Å². The molecule has 0 bridgehead atoms. The lowest BCUT2D eigenvalue weighted by molar-refractivity contribution is 0.128. The molecule has 0 aliphatic heterocycles. The van der Waals surface area contributed by atoms with Gasteiger partial charge in [0.15, 0.2) is 0 Å². The number of hydrogen-bond donors (Lipinski definition) is 1. The third-order valence-corrected chi connectivity index (χ3v) is 2.52. The summed E-state index contributed by atoms with van der Waals surface area (Å²) in [7, 11) is 0. The van der Waals surface area contributed by atoms with Gasteiger partial charge in [-0.25, -0.2) is 0 Å². The average Bonchev–Trinajstić information content (AvgIpc) is 1.81. The van der Waals surface area contributed by atoms with E-state index in [0.717, 1.165) is 19.1 Å². The van der Waals surface area contributed by atoms with Crippen molar-refractivity contribution >= 4 is 0 Å². The Hall–Kier alpha value is -0.0800. The molecule has 0 radical (unpaired) electrons. The van der Waals surface area contributed by atoms with E-state index in [1.54, 1.807) is 0 Å². The molecular formula is C9H20N2. The molecule has 1 aliphatic rings. The predicted molar refractivity (Wildman–Crippen MR) is 48.5 cm³/mol. The molecule has 1 aliphatic carbocycles. The van der Waals surface area contributed by atoms with Crippen molar-refractivity contribution < 1.29 is 0 Å². The van der Waals surface area contributed by atoms with Crippen LogP contribution >= 0.6 is 0 Å². The second kappa shape index (κ2) is 4.07. The standard InChI is InChI=1S/C9H20N2/c1-3-11(7-8(2)10)9-5-4-6-9/h8-9H,3-7,10H2,1-2H3. The van der Waals surface area contributed by atoms with Gasteiger partial charge in [-0.1, -0.05) is 13.3 Å². The predicted octanol–water partition coefficient (Wildman–Crippen LogP) is 1.21. The van der Waals surface area contributed by atoms with Crippen LogP contribution in [0.2, 0.25) is 0 Å². The first kappa shape index (κ1) is 9.01. The summed E-state index contributed by atoms with van der Waals surface area (Å²) in [6.45, 7) is 6.54. The highest BCUT2D eigenvalue weighted by molar-refractivity contribution is 4.80. The number of nitrogens with zero attached hydrogens (tertiary/aromatic N) is 1. The molecule has 0 aromatic rings. The largest absolute Gasteiger partial charge is 0.327 e. The molecule has 2 N–H and O–H groups in total. The van der Waals surface area contributed by atoms with Gasteiger partial charge in [0, 0.05) is 18.6 Å². The van der Waals surface area contributed by atoms with Crippen molar-refractivity contribution in [2.75, 3.05) is 13.1 Å². The van der Waals surface area contributed by atoms with Gasteiger partial charge in [-0.3, -0.25) is 4.90 Å². The molecule has 2 nitrogen and oxygen atoms in total. The Morgan fingerprint density at radius 3 is 2.45 bits per heavy atom. The van der Waals surface area contributed by atoms with E-state index >= 15 is 0 Å². The molecule has 0 heterocycles. The minimum absolute atomic E-state index is 0.329. The van der Waals surface area contributed by atoms with Crippen LogP contribution in [0.25, 0.3) is 0 Å². The average molecular weight is 156 g/mol. The van der Waals surface area contributed by atoms with Crippen molar-refractivity contribution in [3.8, 4) is 0 Å². The number of rotatable bonds is 4. The maximum Gasteiger partial charge on any atom is 0.0139 e. The molecule has 1 saturated carbocycles. The third-order valence-electron chi connectivity index (χ3n) is 2.52. The van der Waals surface area contributed by atoms with E-state index in [2.05, 4.69) is 18.7 Å². The molecule has 0 spiro atoms. The Bertz CT molecular complexity index is 108. The van der Waals surface area contributed by atoms with Crippen molar-refractivity contribution in [1.82, 2.24) is 4.90 Å². The van der Waals surface area contributed by atoms with E-state index in [1.165, 1.54) is 19.3 Å². The van der Waals surface area contributed by atoms with Gasteiger partial charge in [0.2, 0.25) is 0 Å². The Morgan fingerprint density at radius 1 is 1.55 bits per heavy atom. The Kier molecular flexibility index (Phi) is 3.34. The molecule has 1 fully saturated rings. The monoisotopic (exact) mass is 156 g/mol. The lowest BCUT2D eigenvalue weighted by Gasteiger charge is -2.37. The van der Waals surface area contributed by atoms with E-state index < -0.39 is 0 Å². The fraction of sp³-hybridized carbons (Fsp3) is 1.00. The normalized spacial score (nSPS) is 21.8. The summed E-state index contributed by atoms with van der Waals surface area (Å²) in [6.07, 6.45) is 4.20. The Morgan fingerprint density at radius 2 is 2.18 bits per heavy atom. The number of hydrogen-bond acceptors (Lipinski definition) is 2. The second-order valence-electron chi connectivity index (χ2n) is 3.65. The van der Waals surface area contributed by atoms with Crippen molar-refractivity contribution in [2.45, 2.75) is 45.2 Å². The summed E-state index contributed by atoms with van der Waals surface area (Å²) in [5.74, 6) is 0. The fourth-order valence-corrected chi connectivity index (χ4v) is 1.66. The first-order chi connectivity index (χ1) is 5.24. The highest BCUT2D eigenvalue weighted by Crippen LogP contribution is 2.24. The summed E-state index contributed by atoms with van der Waals surface area (Å²) in [4.78, 5) is 2.51. The van der Waals surface area contributed by atoms with Crippen molar-refractivity contribution in [3.63, 3.8) is 0 Å².